The van der Waals surface area contributed by atoms with Crippen LogP contribution < -0.4 is 11.5 Å². The molecule has 1 atom stereocenters. The molecule has 1 aliphatic heterocycles. The standard InChI is InChI=1S/C13H13F4N3O2.ClH/c14-9-2-1-7(11(19)21)5-8(9)12(13(15,16)17)3-4-22-6-10(18)20-12;/h1-2,5H,3-4,6H2,(H2,18,20)(H2,19,21);1H. The van der Waals surface area contributed by atoms with Crippen molar-refractivity contribution in [1.82, 2.24) is 0 Å². The molecule has 1 unspecified atom stereocenters. The Morgan fingerprint density at radius 1 is 1.35 bits per heavy atom. The lowest BCUT2D eigenvalue weighted by Crippen LogP contribution is -2.43. The van der Waals surface area contributed by atoms with E-state index in [-0.39, 0.29) is 31.2 Å². The van der Waals surface area contributed by atoms with E-state index in [1.165, 1.54) is 0 Å². The molecule has 0 fully saturated rings. The van der Waals surface area contributed by atoms with Crippen molar-refractivity contribution in [3.05, 3.63) is 35.1 Å². The minimum atomic E-state index is -4.93. The summed E-state index contributed by atoms with van der Waals surface area (Å²) in [6, 6.07) is 2.51. The topological polar surface area (TPSA) is 90.7 Å². The zero-order chi connectivity index (χ0) is 16.5. The Bertz CT molecular complexity index is 636. The summed E-state index contributed by atoms with van der Waals surface area (Å²) in [4.78, 5) is 14.6. The van der Waals surface area contributed by atoms with E-state index in [1.54, 1.807) is 0 Å². The molecule has 0 saturated heterocycles. The Morgan fingerprint density at radius 2 is 2.00 bits per heavy atom. The normalized spacial score (nSPS) is 21.8. The summed E-state index contributed by atoms with van der Waals surface area (Å²) >= 11 is 0. The molecular weight excluding hydrogens is 342 g/mol. The number of carbonyl (C=O) groups is 1. The van der Waals surface area contributed by atoms with Crippen molar-refractivity contribution in [2.45, 2.75) is 18.1 Å². The van der Waals surface area contributed by atoms with E-state index in [0.29, 0.717) is 0 Å². The lowest BCUT2D eigenvalue weighted by Gasteiger charge is -2.32. The second kappa shape index (κ2) is 6.71. The second-order valence-electron chi connectivity index (χ2n) is 4.82. The summed E-state index contributed by atoms with van der Waals surface area (Å²) in [5.41, 5.74) is 6.48. The molecule has 1 aromatic carbocycles. The van der Waals surface area contributed by atoms with Crippen LogP contribution >= 0.6 is 12.4 Å². The summed E-state index contributed by atoms with van der Waals surface area (Å²) < 4.78 is 59.9. The second-order valence-corrected chi connectivity index (χ2v) is 4.82. The van der Waals surface area contributed by atoms with Gasteiger partial charge in [0.2, 0.25) is 5.91 Å². The van der Waals surface area contributed by atoms with Gasteiger partial charge in [-0.25, -0.2) is 9.38 Å². The molecule has 0 aromatic heterocycles. The number of ether oxygens (including phenoxy) is 1. The van der Waals surface area contributed by atoms with Crippen molar-refractivity contribution in [3.63, 3.8) is 0 Å². The fraction of sp³-hybridized carbons (Fsp3) is 0.385. The van der Waals surface area contributed by atoms with Crippen molar-refractivity contribution in [3.8, 4) is 0 Å². The van der Waals surface area contributed by atoms with Crippen LogP contribution in [0.2, 0.25) is 0 Å². The maximum Gasteiger partial charge on any atom is 0.418 e. The van der Waals surface area contributed by atoms with Gasteiger partial charge in [0.15, 0.2) is 5.54 Å². The Hall–Kier alpha value is -1.87. The van der Waals surface area contributed by atoms with Gasteiger partial charge in [0.25, 0.3) is 0 Å². The smallest absolute Gasteiger partial charge is 0.385 e. The van der Waals surface area contributed by atoms with E-state index in [9.17, 15) is 22.4 Å². The third-order valence-corrected chi connectivity index (χ3v) is 3.36. The van der Waals surface area contributed by atoms with Crippen LogP contribution in [0.25, 0.3) is 0 Å². The van der Waals surface area contributed by atoms with Crippen molar-refractivity contribution in [2.75, 3.05) is 13.2 Å². The summed E-state index contributed by atoms with van der Waals surface area (Å²) in [5, 5.41) is 0. The first-order valence-electron chi connectivity index (χ1n) is 6.26. The van der Waals surface area contributed by atoms with Crippen LogP contribution in [0.4, 0.5) is 17.6 Å². The molecule has 0 aliphatic carbocycles. The molecule has 23 heavy (non-hydrogen) atoms. The van der Waals surface area contributed by atoms with E-state index in [0.717, 1.165) is 18.2 Å². The van der Waals surface area contributed by atoms with Gasteiger partial charge < -0.3 is 16.2 Å². The fourth-order valence-electron chi connectivity index (χ4n) is 2.28. The van der Waals surface area contributed by atoms with Crippen LogP contribution in [0, 0.1) is 5.82 Å². The number of hydrogen-bond donors (Lipinski definition) is 2. The molecular formula is C13H14ClF4N3O2. The average molecular weight is 356 g/mol. The molecule has 4 N–H and O–H groups in total. The Morgan fingerprint density at radius 3 is 2.57 bits per heavy atom. The largest absolute Gasteiger partial charge is 0.418 e. The van der Waals surface area contributed by atoms with E-state index < -0.39 is 41.3 Å². The molecule has 0 saturated carbocycles. The van der Waals surface area contributed by atoms with Crippen molar-refractivity contribution >= 4 is 24.1 Å². The van der Waals surface area contributed by atoms with Crippen molar-refractivity contribution in [2.24, 2.45) is 16.5 Å². The number of alkyl halides is 3. The molecule has 1 heterocycles. The minimum absolute atomic E-state index is 0. The number of primary amides is 1. The predicted octanol–water partition coefficient (Wildman–Crippen LogP) is 1.88. The van der Waals surface area contributed by atoms with Gasteiger partial charge in [-0.3, -0.25) is 4.79 Å². The summed E-state index contributed by atoms with van der Waals surface area (Å²) in [5.74, 6) is -2.53. The Kier molecular flexibility index (Phi) is 5.60. The van der Waals surface area contributed by atoms with Crippen molar-refractivity contribution < 1.29 is 27.1 Å². The van der Waals surface area contributed by atoms with Crippen molar-refractivity contribution in [1.29, 1.82) is 0 Å². The molecule has 128 valence electrons. The van der Waals surface area contributed by atoms with Crippen LogP contribution in [0.5, 0.6) is 0 Å². The first kappa shape index (κ1) is 19.2. The van der Waals surface area contributed by atoms with Gasteiger partial charge >= 0.3 is 6.18 Å². The zero-order valence-corrected chi connectivity index (χ0v) is 12.5. The van der Waals surface area contributed by atoms with E-state index in [1.807, 2.05) is 0 Å². The van der Waals surface area contributed by atoms with E-state index >= 15 is 0 Å². The van der Waals surface area contributed by atoms with Gasteiger partial charge in [-0.2, -0.15) is 13.2 Å². The highest BCUT2D eigenvalue weighted by atomic mass is 35.5. The maximum atomic E-state index is 14.0. The molecule has 0 bridgehead atoms. The number of amides is 1. The highest BCUT2D eigenvalue weighted by Gasteiger charge is 2.58. The first-order chi connectivity index (χ1) is 10.2. The SMILES string of the molecule is Cl.NC(=O)c1ccc(F)c(C2(C(F)(F)F)CCOCC(N)=N2)c1. The number of aliphatic imine (C=N–C) groups is 1. The third-order valence-electron chi connectivity index (χ3n) is 3.36. The molecule has 2 rings (SSSR count). The number of rotatable bonds is 2. The van der Waals surface area contributed by atoms with Crippen LogP contribution in [0.15, 0.2) is 23.2 Å². The van der Waals surface area contributed by atoms with Gasteiger partial charge in [0, 0.05) is 17.5 Å². The lowest BCUT2D eigenvalue weighted by atomic mass is 9.85. The minimum Gasteiger partial charge on any atom is -0.385 e. The van der Waals surface area contributed by atoms with Crippen LogP contribution in [0.1, 0.15) is 22.3 Å². The monoisotopic (exact) mass is 355 g/mol. The Balaban J connectivity index is 0.00000264. The number of halogens is 5. The molecule has 1 aromatic rings. The zero-order valence-electron chi connectivity index (χ0n) is 11.7. The highest BCUT2D eigenvalue weighted by molar-refractivity contribution is 5.93. The molecule has 1 aliphatic rings. The van der Waals surface area contributed by atoms with E-state index in [2.05, 4.69) is 4.99 Å². The number of nitrogens with zero attached hydrogens (tertiary/aromatic N) is 1. The third kappa shape index (κ3) is 3.56. The Labute approximate surface area is 135 Å². The number of hydrogen-bond acceptors (Lipinski definition) is 4. The molecule has 1 amide bonds. The van der Waals surface area contributed by atoms with Gasteiger partial charge in [-0.05, 0) is 18.2 Å². The summed E-state index contributed by atoms with van der Waals surface area (Å²) in [7, 11) is 0. The van der Waals surface area contributed by atoms with Crippen LogP contribution in [-0.2, 0) is 10.3 Å². The lowest BCUT2D eigenvalue weighted by molar-refractivity contribution is -0.193. The van der Waals surface area contributed by atoms with Gasteiger partial charge in [0.05, 0.1) is 6.61 Å². The number of benzene rings is 1. The summed E-state index contributed by atoms with van der Waals surface area (Å²) in [6.45, 7) is -0.598. The van der Waals surface area contributed by atoms with Gasteiger partial charge in [-0.15, -0.1) is 12.4 Å². The van der Waals surface area contributed by atoms with Gasteiger partial charge in [0.1, 0.15) is 18.3 Å². The number of nitrogens with two attached hydrogens (primary N) is 2. The highest BCUT2D eigenvalue weighted by Crippen LogP contribution is 2.46. The fourth-order valence-corrected chi connectivity index (χ4v) is 2.28. The van der Waals surface area contributed by atoms with E-state index in [4.69, 9.17) is 16.2 Å². The van der Waals surface area contributed by atoms with Crippen LogP contribution in [-0.4, -0.2) is 31.1 Å². The quantitative estimate of drug-likeness (QED) is 0.794. The maximum absolute atomic E-state index is 14.0. The summed E-state index contributed by atoms with van der Waals surface area (Å²) in [6.07, 6.45) is -5.58. The predicted molar refractivity (Wildman–Crippen MR) is 77.0 cm³/mol. The number of amidine groups is 1. The molecule has 10 heteroatoms. The number of carbonyl (C=O) groups excluding carboxylic acids is 1. The molecule has 5 nitrogen and oxygen atoms in total. The molecule has 0 radical (unpaired) electrons. The van der Waals surface area contributed by atoms with Crippen LogP contribution in [0.3, 0.4) is 0 Å². The van der Waals surface area contributed by atoms with Gasteiger partial charge in [-0.1, -0.05) is 0 Å². The first-order valence-corrected chi connectivity index (χ1v) is 6.26. The molecule has 0 spiro atoms. The average Bonchev–Trinajstić information content (AvgIpc) is 2.61.